The number of rotatable bonds is 11. The number of hydrogen-bond donors (Lipinski definition) is 3. The fourth-order valence-corrected chi connectivity index (χ4v) is 4.12. The lowest BCUT2D eigenvalue weighted by Crippen LogP contribution is -2.47. The smallest absolute Gasteiger partial charge is 0.220 e. The van der Waals surface area contributed by atoms with Crippen molar-refractivity contribution in [3.8, 4) is 11.5 Å². The molecule has 2 aliphatic rings. The molecule has 3 rings (SSSR count). The van der Waals surface area contributed by atoms with Crippen LogP contribution in [-0.4, -0.2) is 66.0 Å². The van der Waals surface area contributed by atoms with Crippen LogP contribution in [0.2, 0.25) is 0 Å². The Balaban J connectivity index is 1.63. The van der Waals surface area contributed by atoms with Crippen molar-refractivity contribution in [2.24, 2.45) is 0 Å². The van der Waals surface area contributed by atoms with Crippen LogP contribution in [0.5, 0.6) is 11.5 Å². The second kappa shape index (κ2) is 11.5. The van der Waals surface area contributed by atoms with Crippen LogP contribution in [0.15, 0.2) is 18.2 Å². The Labute approximate surface area is 179 Å². The zero-order chi connectivity index (χ0) is 21.3. The van der Waals surface area contributed by atoms with Crippen molar-refractivity contribution < 1.29 is 24.5 Å². The lowest BCUT2D eigenvalue weighted by molar-refractivity contribution is -0.123. The van der Waals surface area contributed by atoms with Gasteiger partial charge in [0.1, 0.15) is 19.3 Å². The van der Waals surface area contributed by atoms with Gasteiger partial charge in [-0.25, -0.2) is 0 Å². The van der Waals surface area contributed by atoms with E-state index in [2.05, 4.69) is 17.1 Å². The second-order valence-corrected chi connectivity index (χ2v) is 8.39. The highest BCUT2D eigenvalue weighted by atomic mass is 16.6. The van der Waals surface area contributed by atoms with E-state index < -0.39 is 12.1 Å². The van der Waals surface area contributed by atoms with Gasteiger partial charge in [0.15, 0.2) is 11.5 Å². The summed E-state index contributed by atoms with van der Waals surface area (Å²) in [4.78, 5) is 14.7. The molecular formula is C23H36N2O5. The summed E-state index contributed by atoms with van der Waals surface area (Å²) in [5, 5.41) is 24.0. The first-order chi connectivity index (χ1) is 14.6. The van der Waals surface area contributed by atoms with E-state index in [1.165, 1.54) is 12.8 Å². The number of hydrogen-bond acceptors (Lipinski definition) is 6. The highest BCUT2D eigenvalue weighted by Crippen LogP contribution is 2.33. The third-order valence-electron chi connectivity index (χ3n) is 5.85. The Bertz CT molecular complexity index is 684. The van der Waals surface area contributed by atoms with E-state index in [-0.39, 0.29) is 12.0 Å². The molecule has 3 atom stereocenters. The van der Waals surface area contributed by atoms with E-state index in [1.807, 2.05) is 6.07 Å². The molecule has 0 bridgehead atoms. The van der Waals surface area contributed by atoms with Crippen LogP contribution in [-0.2, 0) is 4.79 Å². The minimum atomic E-state index is -0.873. The molecule has 2 aliphatic heterocycles. The standard InChI is InChI=1S/C23H36N2O5/c1-2-3-4-5-6-7-22(27)24-19(16-25-11-10-18(26)15-25)23(28)17-8-9-20-21(14-17)30-13-12-29-20/h8-9,14,18-19,23,26,28H,2-7,10-13,15-16H2,1H3,(H,24,27)/t18-,19+,23?/m0/s1. The van der Waals surface area contributed by atoms with Crippen molar-refractivity contribution in [1.82, 2.24) is 10.2 Å². The predicted octanol–water partition coefficient (Wildman–Crippen LogP) is 2.40. The molecule has 0 spiro atoms. The second-order valence-electron chi connectivity index (χ2n) is 8.39. The molecule has 30 heavy (non-hydrogen) atoms. The lowest BCUT2D eigenvalue weighted by Gasteiger charge is -2.29. The van der Waals surface area contributed by atoms with Gasteiger partial charge in [0.25, 0.3) is 0 Å². The third kappa shape index (κ3) is 6.59. The molecular weight excluding hydrogens is 384 g/mol. The van der Waals surface area contributed by atoms with Crippen LogP contribution in [0.3, 0.4) is 0 Å². The van der Waals surface area contributed by atoms with Gasteiger partial charge in [-0.15, -0.1) is 0 Å². The first-order valence-corrected chi connectivity index (χ1v) is 11.3. The molecule has 1 fully saturated rings. The summed E-state index contributed by atoms with van der Waals surface area (Å²) in [5.41, 5.74) is 0.687. The van der Waals surface area contributed by atoms with Crippen molar-refractivity contribution in [3.63, 3.8) is 0 Å². The number of amides is 1. The number of β-amino-alcohol motifs (C(OH)–C–C–N with tert-alkyl or cyclic N) is 1. The summed E-state index contributed by atoms with van der Waals surface area (Å²) in [6.07, 6.45) is 5.42. The summed E-state index contributed by atoms with van der Waals surface area (Å²) in [6.45, 7) is 5.00. The highest BCUT2D eigenvalue weighted by Gasteiger charge is 2.29. The number of fused-ring (bicyclic) bond motifs is 1. The van der Waals surface area contributed by atoms with Gasteiger partial charge in [-0.05, 0) is 30.5 Å². The predicted molar refractivity (Wildman–Crippen MR) is 115 cm³/mol. The summed E-state index contributed by atoms with van der Waals surface area (Å²) in [5.74, 6) is 1.26. The first-order valence-electron chi connectivity index (χ1n) is 11.3. The van der Waals surface area contributed by atoms with Crippen LogP contribution >= 0.6 is 0 Å². The minimum Gasteiger partial charge on any atom is -0.486 e. The number of benzene rings is 1. The summed E-state index contributed by atoms with van der Waals surface area (Å²) in [7, 11) is 0. The summed E-state index contributed by atoms with van der Waals surface area (Å²) < 4.78 is 11.2. The van der Waals surface area contributed by atoms with Crippen molar-refractivity contribution >= 4 is 5.91 Å². The van der Waals surface area contributed by atoms with E-state index in [1.54, 1.807) is 12.1 Å². The molecule has 2 heterocycles. The number of nitrogens with one attached hydrogen (secondary N) is 1. The van der Waals surface area contributed by atoms with E-state index in [0.29, 0.717) is 49.8 Å². The molecule has 0 radical (unpaired) electrons. The number of carbonyl (C=O) groups excluding carboxylic acids is 1. The van der Waals surface area contributed by atoms with Crippen molar-refractivity contribution in [1.29, 1.82) is 0 Å². The van der Waals surface area contributed by atoms with Crippen molar-refractivity contribution in [2.75, 3.05) is 32.8 Å². The molecule has 1 saturated heterocycles. The van der Waals surface area contributed by atoms with Gasteiger partial charge in [0.05, 0.1) is 12.1 Å². The fourth-order valence-electron chi connectivity index (χ4n) is 4.12. The molecule has 0 aromatic heterocycles. The number of nitrogens with zero attached hydrogens (tertiary/aromatic N) is 1. The first kappa shape index (κ1) is 22.8. The molecule has 168 valence electrons. The topological polar surface area (TPSA) is 91.3 Å². The Kier molecular flexibility index (Phi) is 8.78. The van der Waals surface area contributed by atoms with Gasteiger partial charge in [0.2, 0.25) is 5.91 Å². The van der Waals surface area contributed by atoms with Crippen molar-refractivity contribution in [2.45, 2.75) is 70.1 Å². The highest BCUT2D eigenvalue weighted by molar-refractivity contribution is 5.76. The van der Waals surface area contributed by atoms with Gasteiger partial charge in [-0.2, -0.15) is 0 Å². The van der Waals surface area contributed by atoms with Crippen LogP contribution in [0.1, 0.15) is 63.5 Å². The summed E-state index contributed by atoms with van der Waals surface area (Å²) in [6, 6.07) is 4.96. The molecule has 0 saturated carbocycles. The number of carbonyl (C=O) groups is 1. The van der Waals surface area contributed by atoms with Gasteiger partial charge in [-0.3, -0.25) is 9.69 Å². The fraction of sp³-hybridized carbons (Fsp3) is 0.696. The molecule has 7 heteroatoms. The Morgan fingerprint density at radius 2 is 1.97 bits per heavy atom. The van der Waals surface area contributed by atoms with Crippen LogP contribution in [0.25, 0.3) is 0 Å². The van der Waals surface area contributed by atoms with Gasteiger partial charge in [-0.1, -0.05) is 38.7 Å². The van der Waals surface area contributed by atoms with Gasteiger partial charge < -0.3 is 25.0 Å². The van der Waals surface area contributed by atoms with Gasteiger partial charge >= 0.3 is 0 Å². The quantitative estimate of drug-likeness (QED) is 0.476. The monoisotopic (exact) mass is 420 g/mol. The van der Waals surface area contributed by atoms with E-state index in [4.69, 9.17) is 9.47 Å². The summed E-state index contributed by atoms with van der Waals surface area (Å²) >= 11 is 0. The minimum absolute atomic E-state index is 0.0344. The maximum atomic E-state index is 12.6. The van der Waals surface area contributed by atoms with Crippen LogP contribution < -0.4 is 14.8 Å². The number of aliphatic hydroxyl groups excluding tert-OH is 2. The third-order valence-corrected chi connectivity index (χ3v) is 5.85. The molecule has 0 aliphatic carbocycles. The number of aliphatic hydroxyl groups is 2. The number of ether oxygens (including phenoxy) is 2. The molecule has 1 unspecified atom stereocenters. The Morgan fingerprint density at radius 1 is 1.20 bits per heavy atom. The SMILES string of the molecule is CCCCCCCC(=O)N[C@H](CN1CC[C@H](O)C1)C(O)c1ccc2c(c1)OCCO2. The molecule has 1 aromatic carbocycles. The Hall–Kier alpha value is -1.83. The molecule has 7 nitrogen and oxygen atoms in total. The zero-order valence-electron chi connectivity index (χ0n) is 18.0. The molecule has 1 aromatic rings. The van der Waals surface area contributed by atoms with Crippen LogP contribution in [0, 0.1) is 0 Å². The average Bonchev–Trinajstić information content (AvgIpc) is 3.17. The molecule has 1 amide bonds. The normalized spacial score (nSPS) is 20.7. The Morgan fingerprint density at radius 3 is 2.70 bits per heavy atom. The number of unbranched alkanes of at least 4 members (excludes halogenated alkanes) is 4. The zero-order valence-corrected chi connectivity index (χ0v) is 18.0. The van der Waals surface area contributed by atoms with E-state index in [9.17, 15) is 15.0 Å². The van der Waals surface area contributed by atoms with Crippen molar-refractivity contribution in [3.05, 3.63) is 23.8 Å². The maximum Gasteiger partial charge on any atom is 0.220 e. The number of likely N-dealkylation sites (tertiary alicyclic amines) is 1. The average molecular weight is 421 g/mol. The van der Waals surface area contributed by atoms with E-state index >= 15 is 0 Å². The largest absolute Gasteiger partial charge is 0.486 e. The molecule has 3 N–H and O–H groups in total. The van der Waals surface area contributed by atoms with Gasteiger partial charge in [0, 0.05) is 26.1 Å². The van der Waals surface area contributed by atoms with Crippen LogP contribution in [0.4, 0.5) is 0 Å². The maximum absolute atomic E-state index is 12.6. The lowest BCUT2D eigenvalue weighted by atomic mass is 10.0. The van der Waals surface area contributed by atoms with E-state index in [0.717, 1.165) is 32.2 Å².